The van der Waals surface area contributed by atoms with Crippen LogP contribution in [0.2, 0.25) is 5.02 Å². The van der Waals surface area contributed by atoms with Crippen LogP contribution in [0.15, 0.2) is 48.5 Å². The standard InChI is InChI=1S/C17H16ClN5O2/c1-2-25-15-6-4-3-5-14(15)19-16(24)11-23-21-17(20-22-23)12-7-9-13(18)10-8-12/h3-10H,2,11H2,1H3,(H,19,24). The highest BCUT2D eigenvalue weighted by molar-refractivity contribution is 6.30. The van der Waals surface area contributed by atoms with Gasteiger partial charge in [-0.3, -0.25) is 4.79 Å². The number of nitrogens with zero attached hydrogens (tertiary/aromatic N) is 4. The van der Waals surface area contributed by atoms with Crippen LogP contribution in [-0.4, -0.2) is 32.7 Å². The molecule has 0 radical (unpaired) electrons. The molecule has 1 N–H and O–H groups in total. The van der Waals surface area contributed by atoms with Crippen molar-refractivity contribution in [1.82, 2.24) is 20.2 Å². The lowest BCUT2D eigenvalue weighted by Gasteiger charge is -2.10. The number of para-hydroxylation sites is 2. The van der Waals surface area contributed by atoms with Gasteiger partial charge in [-0.1, -0.05) is 23.7 Å². The molecule has 0 spiro atoms. The van der Waals surface area contributed by atoms with Gasteiger partial charge in [-0.2, -0.15) is 4.80 Å². The normalized spacial score (nSPS) is 10.5. The zero-order valence-electron chi connectivity index (χ0n) is 13.5. The van der Waals surface area contributed by atoms with Gasteiger partial charge in [-0.25, -0.2) is 0 Å². The van der Waals surface area contributed by atoms with E-state index in [0.29, 0.717) is 28.9 Å². The van der Waals surface area contributed by atoms with Crippen molar-refractivity contribution in [3.05, 3.63) is 53.6 Å². The Labute approximate surface area is 149 Å². The molecule has 3 rings (SSSR count). The summed E-state index contributed by atoms with van der Waals surface area (Å²) in [5, 5.41) is 15.5. The van der Waals surface area contributed by atoms with Crippen LogP contribution in [0.5, 0.6) is 5.75 Å². The highest BCUT2D eigenvalue weighted by Gasteiger charge is 2.11. The Morgan fingerprint density at radius 2 is 1.96 bits per heavy atom. The quantitative estimate of drug-likeness (QED) is 0.733. The van der Waals surface area contributed by atoms with Gasteiger partial charge in [0, 0.05) is 10.6 Å². The number of anilines is 1. The van der Waals surface area contributed by atoms with Gasteiger partial charge in [0.05, 0.1) is 12.3 Å². The van der Waals surface area contributed by atoms with Crippen molar-refractivity contribution in [3.63, 3.8) is 0 Å². The van der Waals surface area contributed by atoms with E-state index >= 15 is 0 Å². The number of carbonyl (C=O) groups is 1. The largest absolute Gasteiger partial charge is 0.492 e. The van der Waals surface area contributed by atoms with Crippen LogP contribution in [0.4, 0.5) is 5.69 Å². The Morgan fingerprint density at radius 3 is 2.72 bits per heavy atom. The topological polar surface area (TPSA) is 81.9 Å². The van der Waals surface area contributed by atoms with Crippen molar-refractivity contribution in [3.8, 4) is 17.1 Å². The van der Waals surface area contributed by atoms with Crippen molar-refractivity contribution >= 4 is 23.2 Å². The Hall–Kier alpha value is -2.93. The highest BCUT2D eigenvalue weighted by Crippen LogP contribution is 2.23. The summed E-state index contributed by atoms with van der Waals surface area (Å²) in [6, 6.07) is 14.3. The van der Waals surface area contributed by atoms with Gasteiger partial charge in [0.2, 0.25) is 11.7 Å². The Balaban J connectivity index is 1.67. The molecule has 0 atom stereocenters. The van der Waals surface area contributed by atoms with Crippen LogP contribution >= 0.6 is 11.6 Å². The number of tetrazole rings is 1. The summed E-state index contributed by atoms with van der Waals surface area (Å²) < 4.78 is 5.48. The second kappa shape index (κ2) is 7.76. The predicted molar refractivity (Wildman–Crippen MR) is 94.5 cm³/mol. The van der Waals surface area contributed by atoms with E-state index in [-0.39, 0.29) is 12.5 Å². The minimum atomic E-state index is -0.271. The number of amides is 1. The monoisotopic (exact) mass is 357 g/mol. The van der Waals surface area contributed by atoms with E-state index < -0.39 is 0 Å². The third-order valence-corrected chi connectivity index (χ3v) is 3.55. The molecule has 0 fully saturated rings. The van der Waals surface area contributed by atoms with E-state index in [0.717, 1.165) is 5.56 Å². The minimum absolute atomic E-state index is 0.0545. The van der Waals surface area contributed by atoms with Crippen molar-refractivity contribution in [2.75, 3.05) is 11.9 Å². The number of rotatable bonds is 6. The molecular formula is C17H16ClN5O2. The van der Waals surface area contributed by atoms with Gasteiger partial charge in [-0.15, -0.1) is 10.2 Å². The zero-order valence-corrected chi connectivity index (χ0v) is 14.3. The van der Waals surface area contributed by atoms with Crippen LogP contribution in [0, 0.1) is 0 Å². The number of ether oxygens (including phenoxy) is 1. The predicted octanol–water partition coefficient (Wildman–Crippen LogP) is 3.03. The summed E-state index contributed by atoms with van der Waals surface area (Å²) in [6.45, 7) is 2.35. The fourth-order valence-corrected chi connectivity index (χ4v) is 2.32. The summed E-state index contributed by atoms with van der Waals surface area (Å²) in [4.78, 5) is 13.5. The number of hydrogen-bond acceptors (Lipinski definition) is 5. The van der Waals surface area contributed by atoms with Gasteiger partial charge in [-0.05, 0) is 48.5 Å². The molecule has 0 aliphatic rings. The van der Waals surface area contributed by atoms with E-state index in [2.05, 4.69) is 20.7 Å². The van der Waals surface area contributed by atoms with Crippen molar-refractivity contribution in [1.29, 1.82) is 0 Å². The lowest BCUT2D eigenvalue weighted by atomic mass is 10.2. The second-order valence-electron chi connectivity index (χ2n) is 5.13. The first kappa shape index (κ1) is 16.9. The molecule has 8 heteroatoms. The SMILES string of the molecule is CCOc1ccccc1NC(=O)Cn1nnc(-c2ccc(Cl)cc2)n1. The average molecular weight is 358 g/mol. The molecule has 7 nitrogen and oxygen atoms in total. The summed E-state index contributed by atoms with van der Waals surface area (Å²) in [7, 11) is 0. The van der Waals surface area contributed by atoms with E-state index in [1.54, 1.807) is 36.4 Å². The molecule has 0 unspecified atom stereocenters. The van der Waals surface area contributed by atoms with Crippen LogP contribution < -0.4 is 10.1 Å². The zero-order chi connectivity index (χ0) is 17.6. The minimum Gasteiger partial charge on any atom is -0.492 e. The van der Waals surface area contributed by atoms with Gasteiger partial charge in [0.25, 0.3) is 0 Å². The van der Waals surface area contributed by atoms with Crippen LogP contribution in [0.25, 0.3) is 11.4 Å². The molecule has 25 heavy (non-hydrogen) atoms. The molecule has 1 aromatic heterocycles. The summed E-state index contributed by atoms with van der Waals surface area (Å²) in [5.74, 6) is 0.776. The Bertz CT molecular complexity index is 863. The number of halogens is 1. The first-order chi connectivity index (χ1) is 12.2. The Morgan fingerprint density at radius 1 is 1.20 bits per heavy atom. The highest BCUT2D eigenvalue weighted by atomic mass is 35.5. The molecule has 3 aromatic rings. The van der Waals surface area contributed by atoms with Gasteiger partial charge < -0.3 is 10.1 Å². The fourth-order valence-electron chi connectivity index (χ4n) is 2.19. The van der Waals surface area contributed by atoms with E-state index in [9.17, 15) is 4.79 Å². The molecule has 1 amide bonds. The third kappa shape index (κ3) is 4.33. The van der Waals surface area contributed by atoms with E-state index in [1.807, 2.05) is 19.1 Å². The number of benzene rings is 2. The molecular weight excluding hydrogens is 342 g/mol. The number of aromatic nitrogens is 4. The van der Waals surface area contributed by atoms with Crippen LogP contribution in [0.1, 0.15) is 6.92 Å². The second-order valence-corrected chi connectivity index (χ2v) is 5.56. The van der Waals surface area contributed by atoms with E-state index in [4.69, 9.17) is 16.3 Å². The molecule has 128 valence electrons. The van der Waals surface area contributed by atoms with E-state index in [1.165, 1.54) is 4.80 Å². The Kier molecular flexibility index (Phi) is 5.25. The average Bonchev–Trinajstić information content (AvgIpc) is 3.06. The molecule has 1 heterocycles. The maximum absolute atomic E-state index is 12.2. The summed E-state index contributed by atoms with van der Waals surface area (Å²) in [5.41, 5.74) is 1.38. The molecule has 0 saturated heterocycles. The molecule has 0 aliphatic carbocycles. The molecule has 0 saturated carbocycles. The number of hydrogen-bond donors (Lipinski definition) is 1. The maximum Gasteiger partial charge on any atom is 0.248 e. The molecule has 2 aromatic carbocycles. The molecule has 0 bridgehead atoms. The van der Waals surface area contributed by atoms with Crippen LogP contribution in [-0.2, 0) is 11.3 Å². The first-order valence-electron chi connectivity index (χ1n) is 7.71. The van der Waals surface area contributed by atoms with Gasteiger partial charge in [0.1, 0.15) is 12.3 Å². The number of carbonyl (C=O) groups excluding carboxylic acids is 1. The van der Waals surface area contributed by atoms with Crippen LogP contribution in [0.3, 0.4) is 0 Å². The van der Waals surface area contributed by atoms with Crippen molar-refractivity contribution in [2.24, 2.45) is 0 Å². The smallest absolute Gasteiger partial charge is 0.248 e. The lowest BCUT2D eigenvalue weighted by molar-refractivity contribution is -0.117. The summed E-state index contributed by atoms with van der Waals surface area (Å²) >= 11 is 5.86. The van der Waals surface area contributed by atoms with Crippen molar-refractivity contribution in [2.45, 2.75) is 13.5 Å². The van der Waals surface area contributed by atoms with Crippen molar-refractivity contribution < 1.29 is 9.53 Å². The van der Waals surface area contributed by atoms with Gasteiger partial charge >= 0.3 is 0 Å². The number of nitrogens with one attached hydrogen (secondary N) is 1. The van der Waals surface area contributed by atoms with Gasteiger partial charge in [0.15, 0.2) is 0 Å². The lowest BCUT2D eigenvalue weighted by Crippen LogP contribution is -2.20. The third-order valence-electron chi connectivity index (χ3n) is 3.30. The fraction of sp³-hybridized carbons (Fsp3) is 0.176. The molecule has 0 aliphatic heterocycles. The maximum atomic E-state index is 12.2. The first-order valence-corrected chi connectivity index (χ1v) is 8.09. The summed E-state index contributed by atoms with van der Waals surface area (Å²) in [6.07, 6.45) is 0.